The van der Waals surface area contributed by atoms with Gasteiger partial charge < -0.3 is 25.6 Å². The Labute approximate surface area is 209 Å². The van der Waals surface area contributed by atoms with E-state index in [0.29, 0.717) is 0 Å². The van der Waals surface area contributed by atoms with Gasteiger partial charge in [0.1, 0.15) is 25.3 Å². The van der Waals surface area contributed by atoms with Crippen LogP contribution in [-0.4, -0.2) is 41.8 Å². The van der Waals surface area contributed by atoms with Crippen molar-refractivity contribution in [2.24, 2.45) is 5.73 Å². The maximum absolute atomic E-state index is 12.5. The minimum absolute atomic E-state index is 0.0221. The van der Waals surface area contributed by atoms with Crippen molar-refractivity contribution >= 4 is 18.0 Å². The molecule has 0 spiro atoms. The summed E-state index contributed by atoms with van der Waals surface area (Å²) in [6.45, 7) is 0.144. The van der Waals surface area contributed by atoms with Gasteiger partial charge in [0.2, 0.25) is 0 Å². The van der Waals surface area contributed by atoms with Crippen LogP contribution in [0.2, 0.25) is 0 Å². The number of carbonyl (C=O) groups is 3. The minimum atomic E-state index is -1.26. The number of nitrogens with one attached hydrogen (secondary N) is 1. The van der Waals surface area contributed by atoms with Crippen LogP contribution in [0.5, 0.6) is 0 Å². The summed E-state index contributed by atoms with van der Waals surface area (Å²) in [6.07, 6.45) is -0.875. The molecule has 186 valence electrons. The highest BCUT2D eigenvalue weighted by molar-refractivity contribution is 5.81. The molecule has 4 N–H and O–H groups in total. The second kappa shape index (κ2) is 11.5. The first kappa shape index (κ1) is 24.9. The van der Waals surface area contributed by atoms with Crippen LogP contribution in [0.3, 0.4) is 0 Å². The third-order valence-electron chi connectivity index (χ3n) is 6.23. The highest BCUT2D eigenvalue weighted by atomic mass is 16.5. The van der Waals surface area contributed by atoms with Crippen LogP contribution in [0.15, 0.2) is 78.9 Å². The van der Waals surface area contributed by atoms with Gasteiger partial charge in [-0.15, -0.1) is 0 Å². The summed E-state index contributed by atoms with van der Waals surface area (Å²) in [6, 6.07) is 22.7. The number of carboxylic acid groups (broad SMARTS) is 1. The number of carboxylic acids is 1. The largest absolute Gasteiger partial charge is 0.480 e. The number of ether oxygens (including phenoxy) is 2. The molecule has 1 aliphatic rings. The lowest BCUT2D eigenvalue weighted by molar-refractivity contribution is -0.147. The van der Waals surface area contributed by atoms with E-state index in [-0.39, 0.29) is 32.0 Å². The molecule has 3 aromatic rings. The maximum atomic E-state index is 12.5. The zero-order valence-electron chi connectivity index (χ0n) is 19.6. The summed E-state index contributed by atoms with van der Waals surface area (Å²) in [5.74, 6) is -2.02. The molecular weight excluding hydrogens is 460 g/mol. The molecule has 1 amide bonds. The zero-order valence-corrected chi connectivity index (χ0v) is 19.6. The molecule has 0 bridgehead atoms. The Morgan fingerprint density at radius 3 is 2.03 bits per heavy atom. The number of rotatable bonds is 10. The molecule has 0 saturated carbocycles. The van der Waals surface area contributed by atoms with Crippen molar-refractivity contribution in [3.63, 3.8) is 0 Å². The first-order chi connectivity index (χ1) is 17.4. The third kappa shape index (κ3) is 5.90. The number of carbonyl (C=O) groups excluding carboxylic acids is 2. The number of hydrogen-bond donors (Lipinski definition) is 3. The SMILES string of the molecule is NC(CC[C@@H](NC(=O)OCC1c2ccccc2-c2ccccc21)C(=O)O)C(=O)OCc1ccccc1. The number of alkyl carbamates (subject to hydrolysis) is 1. The Balaban J connectivity index is 1.28. The molecule has 4 rings (SSSR count). The average Bonchev–Trinajstić information content (AvgIpc) is 3.22. The fourth-order valence-electron chi connectivity index (χ4n) is 4.34. The normalized spacial score (nSPS) is 13.7. The molecule has 2 atom stereocenters. The summed E-state index contributed by atoms with van der Waals surface area (Å²) >= 11 is 0. The van der Waals surface area contributed by atoms with Gasteiger partial charge in [-0.1, -0.05) is 78.9 Å². The third-order valence-corrected chi connectivity index (χ3v) is 6.23. The van der Waals surface area contributed by atoms with Crippen molar-refractivity contribution in [3.05, 3.63) is 95.6 Å². The molecule has 8 heteroatoms. The summed E-state index contributed by atoms with van der Waals surface area (Å²) in [5, 5.41) is 11.9. The topological polar surface area (TPSA) is 128 Å². The summed E-state index contributed by atoms with van der Waals surface area (Å²) in [7, 11) is 0. The van der Waals surface area contributed by atoms with Crippen LogP contribution in [0.25, 0.3) is 11.1 Å². The molecule has 0 fully saturated rings. The molecule has 1 aliphatic carbocycles. The summed E-state index contributed by atoms with van der Waals surface area (Å²) < 4.78 is 10.6. The lowest BCUT2D eigenvalue weighted by Crippen LogP contribution is -2.43. The van der Waals surface area contributed by atoms with Crippen LogP contribution in [0.1, 0.15) is 35.4 Å². The van der Waals surface area contributed by atoms with Crippen LogP contribution in [0, 0.1) is 0 Å². The smallest absolute Gasteiger partial charge is 0.407 e. The van der Waals surface area contributed by atoms with Gasteiger partial charge in [-0.25, -0.2) is 9.59 Å². The van der Waals surface area contributed by atoms with E-state index in [1.165, 1.54) is 0 Å². The Morgan fingerprint density at radius 1 is 0.833 bits per heavy atom. The van der Waals surface area contributed by atoms with Crippen LogP contribution >= 0.6 is 0 Å². The fourth-order valence-corrected chi connectivity index (χ4v) is 4.34. The average molecular weight is 489 g/mol. The molecule has 8 nitrogen and oxygen atoms in total. The Hall–Kier alpha value is -4.17. The Kier molecular flexibility index (Phi) is 7.97. The molecule has 1 unspecified atom stereocenters. The van der Waals surface area contributed by atoms with Crippen molar-refractivity contribution in [3.8, 4) is 11.1 Å². The van der Waals surface area contributed by atoms with Gasteiger partial charge in [-0.05, 0) is 40.7 Å². The van der Waals surface area contributed by atoms with Gasteiger partial charge in [0.05, 0.1) is 0 Å². The van der Waals surface area contributed by atoms with Gasteiger partial charge >= 0.3 is 18.0 Å². The van der Waals surface area contributed by atoms with Crippen molar-refractivity contribution < 1.29 is 29.0 Å². The standard InChI is InChI=1S/C28H28N2O6/c29-24(27(33)35-16-18-8-2-1-3-9-18)14-15-25(26(31)32)30-28(34)36-17-23-21-12-6-4-10-19(21)20-11-5-7-13-22(20)23/h1-13,23-25H,14-17,29H2,(H,30,34)(H,31,32)/t24?,25-/m1/s1. The van der Waals surface area contributed by atoms with Crippen molar-refractivity contribution in [1.29, 1.82) is 0 Å². The maximum Gasteiger partial charge on any atom is 0.407 e. The minimum Gasteiger partial charge on any atom is -0.480 e. The quantitative estimate of drug-likeness (QED) is 0.370. The van der Waals surface area contributed by atoms with E-state index in [0.717, 1.165) is 27.8 Å². The lowest BCUT2D eigenvalue weighted by atomic mass is 9.98. The number of benzene rings is 3. The Bertz CT molecular complexity index is 1180. The van der Waals surface area contributed by atoms with Crippen LogP contribution in [0.4, 0.5) is 4.79 Å². The van der Waals surface area contributed by atoms with Crippen LogP contribution < -0.4 is 11.1 Å². The lowest BCUT2D eigenvalue weighted by Gasteiger charge is -2.18. The van der Waals surface area contributed by atoms with E-state index in [2.05, 4.69) is 5.32 Å². The predicted molar refractivity (Wildman–Crippen MR) is 133 cm³/mol. The van der Waals surface area contributed by atoms with E-state index < -0.39 is 30.1 Å². The number of esters is 1. The van der Waals surface area contributed by atoms with E-state index in [1.807, 2.05) is 78.9 Å². The molecule has 36 heavy (non-hydrogen) atoms. The molecule has 0 saturated heterocycles. The number of fused-ring (bicyclic) bond motifs is 3. The number of amides is 1. The first-order valence-corrected chi connectivity index (χ1v) is 11.7. The molecule has 0 aromatic heterocycles. The monoisotopic (exact) mass is 488 g/mol. The molecule has 0 aliphatic heterocycles. The van der Waals surface area contributed by atoms with E-state index >= 15 is 0 Å². The number of aliphatic carboxylic acids is 1. The highest BCUT2D eigenvalue weighted by Crippen LogP contribution is 2.44. The van der Waals surface area contributed by atoms with Crippen molar-refractivity contribution in [2.75, 3.05) is 6.61 Å². The van der Waals surface area contributed by atoms with Crippen molar-refractivity contribution in [2.45, 2.75) is 37.5 Å². The van der Waals surface area contributed by atoms with E-state index in [9.17, 15) is 19.5 Å². The van der Waals surface area contributed by atoms with E-state index in [4.69, 9.17) is 15.2 Å². The molecule has 0 heterocycles. The first-order valence-electron chi connectivity index (χ1n) is 11.7. The molecular formula is C28H28N2O6. The summed E-state index contributed by atoms with van der Waals surface area (Å²) in [5.41, 5.74) is 11.0. The van der Waals surface area contributed by atoms with Gasteiger partial charge in [0.25, 0.3) is 0 Å². The molecule has 0 radical (unpaired) electrons. The Morgan fingerprint density at radius 2 is 1.42 bits per heavy atom. The van der Waals surface area contributed by atoms with Gasteiger partial charge in [0, 0.05) is 5.92 Å². The second-order valence-corrected chi connectivity index (χ2v) is 8.64. The zero-order chi connectivity index (χ0) is 25.5. The molecule has 3 aromatic carbocycles. The van der Waals surface area contributed by atoms with Crippen LogP contribution in [-0.2, 0) is 25.7 Å². The number of hydrogen-bond acceptors (Lipinski definition) is 6. The van der Waals surface area contributed by atoms with Gasteiger partial charge in [-0.3, -0.25) is 4.79 Å². The van der Waals surface area contributed by atoms with Gasteiger partial charge in [-0.2, -0.15) is 0 Å². The van der Waals surface area contributed by atoms with Crippen molar-refractivity contribution in [1.82, 2.24) is 5.32 Å². The fraction of sp³-hybridized carbons (Fsp3) is 0.250. The second-order valence-electron chi connectivity index (χ2n) is 8.64. The summed E-state index contributed by atoms with van der Waals surface area (Å²) in [4.78, 5) is 36.3. The predicted octanol–water partition coefficient (Wildman–Crippen LogP) is 3.83. The van der Waals surface area contributed by atoms with E-state index in [1.54, 1.807) is 0 Å². The van der Waals surface area contributed by atoms with Gasteiger partial charge in [0.15, 0.2) is 0 Å². The number of nitrogens with two attached hydrogens (primary N) is 1. The highest BCUT2D eigenvalue weighted by Gasteiger charge is 2.30.